The van der Waals surface area contributed by atoms with Gasteiger partial charge in [-0.15, -0.1) is 0 Å². The van der Waals surface area contributed by atoms with Crippen LogP contribution in [0.2, 0.25) is 0 Å². The van der Waals surface area contributed by atoms with Gasteiger partial charge in [-0.3, -0.25) is 0 Å². The van der Waals surface area contributed by atoms with Gasteiger partial charge in [0.25, 0.3) is 0 Å². The quantitative estimate of drug-likeness (QED) is 0.884. The topological polar surface area (TPSA) is 75.1 Å². The van der Waals surface area contributed by atoms with Crippen molar-refractivity contribution >= 4 is 34.5 Å². The van der Waals surface area contributed by atoms with Crippen LogP contribution in [0, 0.1) is 0 Å². The molecule has 1 heterocycles. The van der Waals surface area contributed by atoms with Gasteiger partial charge in [0.1, 0.15) is 12.1 Å². The SMILES string of the molecule is CSC1(CNc2ncnc3cc(C(=O)O)ccc23)CCC1. The van der Waals surface area contributed by atoms with Gasteiger partial charge < -0.3 is 10.4 Å². The average molecular weight is 303 g/mol. The van der Waals surface area contributed by atoms with Crippen molar-refractivity contribution in [3.8, 4) is 0 Å². The minimum atomic E-state index is -0.944. The molecule has 3 rings (SSSR count). The lowest BCUT2D eigenvalue weighted by Gasteiger charge is -2.40. The van der Waals surface area contributed by atoms with Crippen LogP contribution in [-0.4, -0.2) is 38.6 Å². The first kappa shape index (κ1) is 14.1. The number of hydrogen-bond acceptors (Lipinski definition) is 5. The Balaban J connectivity index is 1.87. The van der Waals surface area contributed by atoms with Crippen LogP contribution in [0.1, 0.15) is 29.6 Å². The molecule has 0 unspecified atom stereocenters. The van der Waals surface area contributed by atoms with Gasteiger partial charge in [0.05, 0.1) is 11.1 Å². The van der Waals surface area contributed by atoms with Crippen molar-refractivity contribution < 1.29 is 9.90 Å². The lowest BCUT2D eigenvalue weighted by Crippen LogP contribution is -2.40. The molecule has 21 heavy (non-hydrogen) atoms. The molecule has 1 fully saturated rings. The maximum absolute atomic E-state index is 11.0. The van der Waals surface area contributed by atoms with E-state index < -0.39 is 5.97 Å². The molecule has 1 aromatic carbocycles. The Morgan fingerprint density at radius 2 is 2.24 bits per heavy atom. The number of carboxylic acids is 1. The van der Waals surface area contributed by atoms with Gasteiger partial charge >= 0.3 is 5.97 Å². The monoisotopic (exact) mass is 303 g/mol. The van der Waals surface area contributed by atoms with Crippen molar-refractivity contribution in [3.63, 3.8) is 0 Å². The van der Waals surface area contributed by atoms with Crippen LogP contribution in [0.25, 0.3) is 10.9 Å². The summed E-state index contributed by atoms with van der Waals surface area (Å²) in [6.07, 6.45) is 7.37. The largest absolute Gasteiger partial charge is 0.478 e. The number of thioether (sulfide) groups is 1. The third-order valence-electron chi connectivity index (χ3n) is 4.16. The number of carbonyl (C=O) groups is 1. The van der Waals surface area contributed by atoms with Crippen LogP contribution in [0.5, 0.6) is 0 Å². The highest BCUT2D eigenvalue weighted by Crippen LogP contribution is 2.42. The van der Waals surface area contributed by atoms with Crippen molar-refractivity contribution in [3.05, 3.63) is 30.1 Å². The van der Waals surface area contributed by atoms with Crippen LogP contribution in [0.15, 0.2) is 24.5 Å². The number of aromatic carboxylic acids is 1. The van der Waals surface area contributed by atoms with E-state index in [9.17, 15) is 4.79 Å². The molecule has 0 saturated heterocycles. The van der Waals surface area contributed by atoms with E-state index in [0.29, 0.717) is 10.3 Å². The highest BCUT2D eigenvalue weighted by atomic mass is 32.2. The zero-order valence-electron chi connectivity index (χ0n) is 11.8. The number of anilines is 1. The number of nitrogens with zero attached hydrogens (tertiary/aromatic N) is 2. The Morgan fingerprint density at radius 3 is 2.86 bits per heavy atom. The molecular formula is C15H17N3O2S. The molecule has 0 atom stereocenters. The summed E-state index contributed by atoms with van der Waals surface area (Å²) < 4.78 is 0.318. The summed E-state index contributed by atoms with van der Waals surface area (Å²) in [6.45, 7) is 0.876. The molecular weight excluding hydrogens is 286 g/mol. The van der Waals surface area contributed by atoms with Crippen LogP contribution in [0.3, 0.4) is 0 Å². The van der Waals surface area contributed by atoms with Crippen molar-refractivity contribution in [1.82, 2.24) is 9.97 Å². The lowest BCUT2D eigenvalue weighted by atomic mass is 9.84. The Morgan fingerprint density at radius 1 is 1.43 bits per heavy atom. The molecule has 0 amide bonds. The molecule has 1 aliphatic carbocycles. The summed E-state index contributed by atoms with van der Waals surface area (Å²) in [7, 11) is 0. The van der Waals surface area contributed by atoms with Gasteiger partial charge in [0, 0.05) is 16.7 Å². The zero-order valence-corrected chi connectivity index (χ0v) is 12.6. The average Bonchev–Trinajstić information content (AvgIpc) is 2.46. The third-order valence-corrected chi connectivity index (χ3v) is 5.58. The first-order valence-corrected chi connectivity index (χ1v) is 8.13. The molecule has 1 aromatic heterocycles. The predicted octanol–water partition coefficient (Wildman–Crippen LogP) is 3.03. The second-order valence-electron chi connectivity index (χ2n) is 5.35. The van der Waals surface area contributed by atoms with Crippen LogP contribution >= 0.6 is 11.8 Å². The fraction of sp³-hybridized carbons (Fsp3) is 0.400. The highest BCUT2D eigenvalue weighted by Gasteiger charge is 2.35. The molecule has 1 aliphatic rings. The van der Waals surface area contributed by atoms with Crippen LogP contribution in [-0.2, 0) is 0 Å². The maximum Gasteiger partial charge on any atom is 0.335 e. The molecule has 0 bridgehead atoms. The first-order valence-electron chi connectivity index (χ1n) is 6.91. The normalized spacial score (nSPS) is 16.4. The fourth-order valence-corrected chi connectivity index (χ4v) is 3.51. The standard InChI is InChI=1S/C15H17N3O2S/c1-21-15(5-2-6-15)8-16-13-11-4-3-10(14(19)20)7-12(11)17-9-18-13/h3-4,7,9H,2,5-6,8H2,1H3,(H,19,20)(H,16,17,18). The third kappa shape index (κ3) is 2.68. The highest BCUT2D eigenvalue weighted by molar-refractivity contribution is 8.00. The van der Waals surface area contributed by atoms with E-state index in [4.69, 9.17) is 5.11 Å². The summed E-state index contributed by atoms with van der Waals surface area (Å²) >= 11 is 1.91. The molecule has 0 spiro atoms. The van der Waals surface area contributed by atoms with Crippen molar-refractivity contribution in [2.24, 2.45) is 0 Å². The van der Waals surface area contributed by atoms with Crippen molar-refractivity contribution in [2.75, 3.05) is 18.1 Å². The van der Waals surface area contributed by atoms with Crippen LogP contribution in [0.4, 0.5) is 5.82 Å². The smallest absolute Gasteiger partial charge is 0.335 e. The van der Waals surface area contributed by atoms with E-state index >= 15 is 0 Å². The van der Waals surface area contributed by atoms with E-state index in [2.05, 4.69) is 21.5 Å². The second-order valence-corrected chi connectivity index (χ2v) is 6.63. The number of benzene rings is 1. The number of aromatic nitrogens is 2. The number of rotatable bonds is 5. The molecule has 2 N–H and O–H groups in total. The Labute approximate surface area is 127 Å². The first-order chi connectivity index (χ1) is 10.1. The Kier molecular flexibility index (Phi) is 3.71. The number of carboxylic acid groups (broad SMARTS) is 1. The summed E-state index contributed by atoms with van der Waals surface area (Å²) in [6, 6.07) is 4.94. The van der Waals surface area contributed by atoms with Gasteiger partial charge in [0.15, 0.2) is 0 Å². The van der Waals surface area contributed by atoms with Gasteiger partial charge in [-0.1, -0.05) is 6.42 Å². The minimum Gasteiger partial charge on any atom is -0.478 e. The van der Waals surface area contributed by atoms with E-state index in [1.807, 2.05) is 11.8 Å². The van der Waals surface area contributed by atoms with Gasteiger partial charge in [0.2, 0.25) is 0 Å². The van der Waals surface area contributed by atoms with E-state index in [0.717, 1.165) is 17.7 Å². The molecule has 1 saturated carbocycles. The van der Waals surface area contributed by atoms with Gasteiger partial charge in [-0.25, -0.2) is 14.8 Å². The summed E-state index contributed by atoms with van der Waals surface area (Å²) in [5.74, 6) is -0.168. The van der Waals surface area contributed by atoms with E-state index in [1.165, 1.54) is 25.6 Å². The summed E-state index contributed by atoms with van der Waals surface area (Å²) in [4.78, 5) is 19.5. The van der Waals surface area contributed by atoms with Gasteiger partial charge in [-0.05, 0) is 37.3 Å². The second kappa shape index (κ2) is 5.52. The molecule has 0 aliphatic heterocycles. The van der Waals surface area contributed by atoms with Crippen LogP contribution < -0.4 is 5.32 Å². The Bertz CT molecular complexity index is 680. The summed E-state index contributed by atoms with van der Waals surface area (Å²) in [5.41, 5.74) is 0.894. The Hall–Kier alpha value is -1.82. The number of nitrogens with one attached hydrogen (secondary N) is 1. The molecule has 0 radical (unpaired) electrons. The van der Waals surface area contributed by atoms with E-state index in [-0.39, 0.29) is 5.56 Å². The zero-order chi connectivity index (χ0) is 14.9. The van der Waals surface area contributed by atoms with E-state index in [1.54, 1.807) is 18.2 Å². The predicted molar refractivity (Wildman–Crippen MR) is 85.1 cm³/mol. The molecule has 2 aromatic rings. The lowest BCUT2D eigenvalue weighted by molar-refractivity contribution is 0.0697. The fourth-order valence-electron chi connectivity index (χ4n) is 2.60. The maximum atomic E-state index is 11.0. The summed E-state index contributed by atoms with van der Waals surface area (Å²) in [5, 5.41) is 13.3. The molecule has 5 nitrogen and oxygen atoms in total. The van der Waals surface area contributed by atoms with Crippen molar-refractivity contribution in [1.29, 1.82) is 0 Å². The number of fused-ring (bicyclic) bond motifs is 1. The van der Waals surface area contributed by atoms with Gasteiger partial charge in [-0.2, -0.15) is 11.8 Å². The number of hydrogen-bond donors (Lipinski definition) is 2. The molecule has 6 heteroatoms. The van der Waals surface area contributed by atoms with Crippen molar-refractivity contribution in [2.45, 2.75) is 24.0 Å². The molecule has 110 valence electrons. The minimum absolute atomic E-state index is 0.242.